The molecular formula is C18H14N2O3S. The first-order valence-corrected chi connectivity index (χ1v) is 8.06. The van der Waals surface area contributed by atoms with E-state index in [2.05, 4.69) is 10.3 Å². The second-order valence-corrected chi connectivity index (χ2v) is 5.74. The quantitative estimate of drug-likeness (QED) is 0.734. The molecule has 0 saturated carbocycles. The smallest absolute Gasteiger partial charge is 0.339 e. The molecule has 3 aromatic rings. The second-order valence-electron chi connectivity index (χ2n) is 4.89. The molecule has 0 spiro atoms. The van der Waals surface area contributed by atoms with Gasteiger partial charge in [0.15, 0.2) is 0 Å². The molecule has 0 fully saturated rings. The van der Waals surface area contributed by atoms with E-state index < -0.39 is 5.97 Å². The summed E-state index contributed by atoms with van der Waals surface area (Å²) in [7, 11) is 1.30. The molecule has 24 heavy (non-hydrogen) atoms. The van der Waals surface area contributed by atoms with Crippen LogP contribution in [-0.2, 0) is 4.74 Å². The predicted molar refractivity (Wildman–Crippen MR) is 93.3 cm³/mol. The topological polar surface area (TPSA) is 68.3 Å². The third-order valence-corrected chi connectivity index (χ3v) is 4.27. The van der Waals surface area contributed by atoms with Gasteiger partial charge in [-0.3, -0.25) is 4.79 Å². The predicted octanol–water partition coefficient (Wildman–Crippen LogP) is 3.85. The number of rotatable bonds is 4. The number of thiazole rings is 1. The van der Waals surface area contributed by atoms with Crippen molar-refractivity contribution in [3.63, 3.8) is 0 Å². The Hall–Kier alpha value is -2.99. The number of esters is 1. The van der Waals surface area contributed by atoms with Gasteiger partial charge in [-0.05, 0) is 17.7 Å². The van der Waals surface area contributed by atoms with Crippen molar-refractivity contribution in [3.05, 3.63) is 71.4 Å². The maximum Gasteiger partial charge on any atom is 0.339 e. The van der Waals surface area contributed by atoms with Crippen LogP contribution in [0.5, 0.6) is 0 Å². The third kappa shape index (κ3) is 3.18. The summed E-state index contributed by atoms with van der Waals surface area (Å²) in [5, 5.41) is 2.74. The summed E-state index contributed by atoms with van der Waals surface area (Å²) in [6, 6.07) is 16.3. The molecule has 0 aliphatic rings. The first-order valence-electron chi connectivity index (χ1n) is 7.18. The Morgan fingerprint density at radius 3 is 2.50 bits per heavy atom. The number of nitrogens with zero attached hydrogens (tertiary/aromatic N) is 1. The third-order valence-electron chi connectivity index (χ3n) is 3.40. The second kappa shape index (κ2) is 7.06. The number of amides is 1. The molecule has 0 unspecified atom stereocenters. The molecule has 5 nitrogen and oxygen atoms in total. The standard InChI is InChI=1S/C18H14N2O3S/c1-23-18(22)13-9-5-6-10-14(13)20-17(21)15-16(24-11-19-15)12-7-3-2-4-8-12/h2-11H,1H3,(H,20,21). The summed E-state index contributed by atoms with van der Waals surface area (Å²) < 4.78 is 4.74. The van der Waals surface area contributed by atoms with Crippen molar-refractivity contribution in [3.8, 4) is 10.4 Å². The van der Waals surface area contributed by atoms with Gasteiger partial charge in [0.05, 0.1) is 28.7 Å². The average Bonchev–Trinajstić information content (AvgIpc) is 3.12. The van der Waals surface area contributed by atoms with Crippen molar-refractivity contribution in [1.82, 2.24) is 4.98 Å². The molecule has 1 aromatic heterocycles. The maximum absolute atomic E-state index is 12.6. The number of carbonyl (C=O) groups is 2. The van der Waals surface area contributed by atoms with Gasteiger partial charge in [0, 0.05) is 0 Å². The summed E-state index contributed by atoms with van der Waals surface area (Å²) in [5.74, 6) is -0.876. The van der Waals surface area contributed by atoms with Crippen molar-refractivity contribution in [2.75, 3.05) is 12.4 Å². The summed E-state index contributed by atoms with van der Waals surface area (Å²) in [6.45, 7) is 0. The summed E-state index contributed by atoms with van der Waals surface area (Å²) in [5.41, 5.74) is 3.56. The van der Waals surface area contributed by atoms with Gasteiger partial charge in [-0.15, -0.1) is 11.3 Å². The molecule has 2 aromatic carbocycles. The lowest BCUT2D eigenvalue weighted by Gasteiger charge is -2.09. The summed E-state index contributed by atoms with van der Waals surface area (Å²) in [6.07, 6.45) is 0. The average molecular weight is 338 g/mol. The van der Waals surface area contributed by atoms with Crippen LogP contribution in [0.1, 0.15) is 20.8 Å². The maximum atomic E-state index is 12.6. The molecule has 6 heteroatoms. The van der Waals surface area contributed by atoms with Gasteiger partial charge in [-0.1, -0.05) is 42.5 Å². The Bertz CT molecular complexity index is 875. The number of aromatic nitrogens is 1. The van der Waals surface area contributed by atoms with E-state index in [4.69, 9.17) is 4.74 Å². The number of ether oxygens (including phenoxy) is 1. The number of anilines is 1. The van der Waals surface area contributed by atoms with Crippen molar-refractivity contribution < 1.29 is 14.3 Å². The Balaban J connectivity index is 1.90. The minimum Gasteiger partial charge on any atom is -0.465 e. The van der Waals surface area contributed by atoms with Gasteiger partial charge in [0.25, 0.3) is 5.91 Å². The molecule has 0 aliphatic heterocycles. The highest BCUT2D eigenvalue weighted by atomic mass is 32.1. The summed E-state index contributed by atoms with van der Waals surface area (Å²) in [4.78, 5) is 29.4. The molecule has 0 radical (unpaired) electrons. The van der Waals surface area contributed by atoms with Gasteiger partial charge < -0.3 is 10.1 Å². The molecule has 0 bridgehead atoms. The zero-order valence-electron chi connectivity index (χ0n) is 12.9. The van der Waals surface area contributed by atoms with Crippen molar-refractivity contribution in [2.45, 2.75) is 0 Å². The van der Waals surface area contributed by atoms with Crippen LogP contribution in [-0.4, -0.2) is 24.0 Å². The number of nitrogens with one attached hydrogen (secondary N) is 1. The molecule has 1 amide bonds. The molecule has 0 aliphatic carbocycles. The van der Waals surface area contributed by atoms with Crippen LogP contribution in [0, 0.1) is 0 Å². The van der Waals surface area contributed by atoms with Crippen LogP contribution in [0.25, 0.3) is 10.4 Å². The zero-order valence-corrected chi connectivity index (χ0v) is 13.7. The number of carbonyl (C=O) groups excluding carboxylic acids is 2. The first-order chi connectivity index (χ1) is 11.7. The van der Waals surface area contributed by atoms with Crippen LogP contribution < -0.4 is 5.32 Å². The van der Waals surface area contributed by atoms with Gasteiger partial charge in [-0.25, -0.2) is 9.78 Å². The molecule has 0 atom stereocenters. The Morgan fingerprint density at radius 2 is 1.75 bits per heavy atom. The number of hydrogen-bond acceptors (Lipinski definition) is 5. The largest absolute Gasteiger partial charge is 0.465 e. The van der Waals surface area contributed by atoms with E-state index in [-0.39, 0.29) is 5.91 Å². The Labute approximate surface area is 142 Å². The Kier molecular flexibility index (Phi) is 4.67. The normalized spacial score (nSPS) is 10.2. The van der Waals surface area contributed by atoms with Crippen LogP contribution in [0.2, 0.25) is 0 Å². The molecule has 120 valence electrons. The minimum atomic E-state index is -0.507. The van der Waals surface area contributed by atoms with Crippen molar-refractivity contribution in [1.29, 1.82) is 0 Å². The molecule has 3 rings (SSSR count). The number of methoxy groups -OCH3 is 1. The van der Waals surface area contributed by atoms with E-state index in [0.717, 1.165) is 10.4 Å². The lowest BCUT2D eigenvalue weighted by atomic mass is 10.1. The molecule has 0 saturated heterocycles. The van der Waals surface area contributed by atoms with Crippen molar-refractivity contribution >= 4 is 28.9 Å². The lowest BCUT2D eigenvalue weighted by Crippen LogP contribution is -2.16. The highest BCUT2D eigenvalue weighted by molar-refractivity contribution is 7.13. The Morgan fingerprint density at radius 1 is 1.04 bits per heavy atom. The van der Waals surface area contributed by atoms with Crippen LogP contribution in [0.3, 0.4) is 0 Å². The van der Waals surface area contributed by atoms with Crippen LogP contribution >= 0.6 is 11.3 Å². The van der Waals surface area contributed by atoms with E-state index in [1.165, 1.54) is 18.4 Å². The first kappa shape index (κ1) is 15.9. The van der Waals surface area contributed by atoms with Crippen molar-refractivity contribution in [2.24, 2.45) is 0 Å². The molecule has 1 N–H and O–H groups in total. The fourth-order valence-corrected chi connectivity index (χ4v) is 3.06. The lowest BCUT2D eigenvalue weighted by molar-refractivity contribution is 0.0602. The molecular weight excluding hydrogens is 324 g/mol. The molecule has 1 heterocycles. The fraction of sp³-hybridized carbons (Fsp3) is 0.0556. The van der Waals surface area contributed by atoms with E-state index in [1.807, 2.05) is 30.3 Å². The van der Waals surface area contributed by atoms with Gasteiger partial charge in [-0.2, -0.15) is 0 Å². The number of para-hydroxylation sites is 1. The fourth-order valence-electron chi connectivity index (χ4n) is 2.26. The monoisotopic (exact) mass is 338 g/mol. The minimum absolute atomic E-state index is 0.296. The van der Waals surface area contributed by atoms with Gasteiger partial charge in [0.1, 0.15) is 5.69 Å². The van der Waals surface area contributed by atoms with Crippen LogP contribution in [0.15, 0.2) is 60.1 Å². The zero-order chi connectivity index (χ0) is 16.9. The van der Waals surface area contributed by atoms with E-state index in [9.17, 15) is 9.59 Å². The SMILES string of the molecule is COC(=O)c1ccccc1NC(=O)c1ncsc1-c1ccccc1. The van der Waals surface area contributed by atoms with Crippen LogP contribution in [0.4, 0.5) is 5.69 Å². The summed E-state index contributed by atoms with van der Waals surface area (Å²) >= 11 is 1.39. The van der Waals surface area contributed by atoms with Gasteiger partial charge in [0.2, 0.25) is 0 Å². The van der Waals surface area contributed by atoms with E-state index in [0.29, 0.717) is 16.9 Å². The van der Waals surface area contributed by atoms with E-state index in [1.54, 1.807) is 29.8 Å². The number of benzene rings is 2. The number of hydrogen-bond donors (Lipinski definition) is 1. The van der Waals surface area contributed by atoms with Gasteiger partial charge >= 0.3 is 5.97 Å². The highest BCUT2D eigenvalue weighted by Crippen LogP contribution is 2.28. The highest BCUT2D eigenvalue weighted by Gasteiger charge is 2.19. The van der Waals surface area contributed by atoms with E-state index >= 15 is 0 Å².